The lowest BCUT2D eigenvalue weighted by atomic mass is 10.2. The Balaban J connectivity index is 4.86. The van der Waals surface area contributed by atoms with E-state index in [1.165, 1.54) is 0 Å². The van der Waals surface area contributed by atoms with E-state index in [1.54, 1.807) is 0 Å². The van der Waals surface area contributed by atoms with Crippen LogP contribution in [-0.2, 0) is 0 Å². The largest absolute Gasteiger partial charge is 0.425 e. The van der Waals surface area contributed by atoms with Crippen molar-refractivity contribution in [3.05, 3.63) is 0 Å². The first-order valence-corrected chi connectivity index (χ1v) is 3.69. The van der Waals surface area contributed by atoms with Gasteiger partial charge >= 0.3 is 12.1 Å². The van der Waals surface area contributed by atoms with Gasteiger partial charge in [0.05, 0.1) is 0 Å². The van der Waals surface area contributed by atoms with E-state index >= 15 is 0 Å². The molecule has 0 heterocycles. The number of alkyl halides is 9. The minimum atomic E-state index is -5.77. The average molecular weight is 269 g/mol. The van der Waals surface area contributed by atoms with E-state index in [0.29, 0.717) is 0 Å². The monoisotopic (exact) mass is 268 g/mol. The van der Waals surface area contributed by atoms with Crippen LogP contribution in [-0.4, -0.2) is 22.1 Å². The molecule has 80 valence electrons. The van der Waals surface area contributed by atoms with Crippen LogP contribution in [0.5, 0.6) is 0 Å². The highest BCUT2D eigenvalue weighted by atomic mass is 35.6. The molecule has 1 unspecified atom stereocenters. The number of hydrogen-bond acceptors (Lipinski definition) is 0. The third kappa shape index (κ3) is 2.95. The molecule has 0 fully saturated rings. The second-order valence-electron chi connectivity index (χ2n) is 2.02. The summed E-state index contributed by atoms with van der Waals surface area (Å²) < 4.78 is 67.4. The van der Waals surface area contributed by atoms with Crippen molar-refractivity contribution in [2.75, 3.05) is 0 Å². The van der Waals surface area contributed by atoms with Crippen molar-refractivity contribution in [3.8, 4) is 0 Å². The summed E-state index contributed by atoms with van der Waals surface area (Å²) in [4.78, 5) is 0. The molecular formula is C4HCl3F6. The van der Waals surface area contributed by atoms with Crippen molar-refractivity contribution in [2.45, 2.75) is 22.1 Å². The van der Waals surface area contributed by atoms with Crippen LogP contribution >= 0.6 is 34.8 Å². The van der Waals surface area contributed by atoms with Crippen molar-refractivity contribution in [2.24, 2.45) is 0 Å². The van der Waals surface area contributed by atoms with Gasteiger partial charge in [0.15, 0.2) is 0 Å². The summed E-state index contributed by atoms with van der Waals surface area (Å²) in [6.07, 6.45) is -10.3. The normalized spacial score (nSPS) is 17.3. The first-order valence-electron chi connectivity index (χ1n) is 2.56. The quantitative estimate of drug-likeness (QED) is 0.500. The van der Waals surface area contributed by atoms with E-state index in [4.69, 9.17) is 0 Å². The predicted octanol–water partition coefficient (Wildman–Crippen LogP) is 3.89. The fraction of sp³-hybridized carbons (Fsp3) is 1.00. The van der Waals surface area contributed by atoms with Gasteiger partial charge in [-0.25, -0.2) is 4.39 Å². The number of rotatable bonds is 1. The van der Waals surface area contributed by atoms with Gasteiger partial charge in [-0.15, -0.1) is 0 Å². The molecule has 0 saturated heterocycles. The Morgan fingerprint density at radius 1 is 0.846 bits per heavy atom. The Bertz CT molecular complexity index is 181. The summed E-state index contributed by atoms with van der Waals surface area (Å²) in [6.45, 7) is 0. The van der Waals surface area contributed by atoms with Gasteiger partial charge in [0.1, 0.15) is 0 Å². The van der Waals surface area contributed by atoms with E-state index in [2.05, 4.69) is 34.8 Å². The Morgan fingerprint density at radius 3 is 1.23 bits per heavy atom. The molecule has 0 spiro atoms. The maximum absolute atomic E-state index is 12.3. The molecule has 0 nitrogen and oxygen atoms in total. The summed E-state index contributed by atoms with van der Waals surface area (Å²) in [5.74, 6) is -5.12. The van der Waals surface area contributed by atoms with E-state index in [9.17, 15) is 26.3 Å². The van der Waals surface area contributed by atoms with E-state index in [1.807, 2.05) is 0 Å². The molecule has 0 amide bonds. The lowest BCUT2D eigenvalue weighted by molar-refractivity contribution is -0.242. The molecular weight excluding hydrogens is 268 g/mol. The zero-order valence-corrected chi connectivity index (χ0v) is 7.75. The minimum Gasteiger partial charge on any atom is -0.230 e. The maximum atomic E-state index is 12.3. The second-order valence-corrected chi connectivity index (χ2v) is 4.31. The van der Waals surface area contributed by atoms with Gasteiger partial charge in [0.2, 0.25) is 0 Å². The van der Waals surface area contributed by atoms with E-state index in [-0.39, 0.29) is 0 Å². The Morgan fingerprint density at radius 2 is 1.15 bits per heavy atom. The summed E-state index contributed by atoms with van der Waals surface area (Å²) in [6, 6.07) is 0. The summed E-state index contributed by atoms with van der Waals surface area (Å²) >= 11 is 13.4. The molecule has 0 rings (SSSR count). The highest BCUT2D eigenvalue weighted by Gasteiger charge is 2.66. The smallest absolute Gasteiger partial charge is 0.230 e. The molecule has 13 heavy (non-hydrogen) atoms. The van der Waals surface area contributed by atoms with Gasteiger partial charge in [-0.3, -0.25) is 0 Å². The van der Waals surface area contributed by atoms with Crippen LogP contribution in [0, 0.1) is 0 Å². The summed E-state index contributed by atoms with van der Waals surface area (Å²) in [5.41, 5.74) is 0. The van der Waals surface area contributed by atoms with Gasteiger partial charge in [-0.1, -0.05) is 34.8 Å². The third-order valence-corrected chi connectivity index (χ3v) is 1.74. The third-order valence-electron chi connectivity index (χ3n) is 0.984. The van der Waals surface area contributed by atoms with Crippen molar-refractivity contribution in [1.82, 2.24) is 0 Å². The van der Waals surface area contributed by atoms with Crippen molar-refractivity contribution in [3.63, 3.8) is 0 Å². The van der Waals surface area contributed by atoms with Gasteiger partial charge in [-0.05, 0) is 0 Å². The first kappa shape index (κ1) is 13.4. The fourth-order valence-electron chi connectivity index (χ4n) is 0.349. The Labute approximate surface area is 83.7 Å². The lowest BCUT2D eigenvalue weighted by Crippen LogP contribution is -2.49. The molecule has 0 aliphatic heterocycles. The van der Waals surface area contributed by atoms with Crippen LogP contribution in [0.3, 0.4) is 0 Å². The molecule has 1 atom stereocenters. The minimum absolute atomic E-state index is 3.64. The second kappa shape index (κ2) is 3.55. The van der Waals surface area contributed by atoms with Crippen molar-refractivity contribution in [1.29, 1.82) is 0 Å². The zero-order valence-electron chi connectivity index (χ0n) is 5.48. The zero-order chi connectivity index (χ0) is 11.1. The van der Waals surface area contributed by atoms with Crippen LogP contribution in [0.4, 0.5) is 26.3 Å². The fourth-order valence-corrected chi connectivity index (χ4v) is 0.637. The molecule has 0 aliphatic carbocycles. The van der Waals surface area contributed by atoms with Crippen LogP contribution in [0.15, 0.2) is 0 Å². The molecule has 0 aromatic heterocycles. The molecule has 9 heteroatoms. The van der Waals surface area contributed by atoms with Gasteiger partial charge in [0, 0.05) is 0 Å². The van der Waals surface area contributed by atoms with Crippen LogP contribution in [0.1, 0.15) is 0 Å². The molecule has 0 aromatic rings. The standard InChI is InChI=1S/C4HCl3F6/c5-4(6,7)2(9,10)1(8)3(11,12)13/h1H. The first-order chi connectivity index (χ1) is 5.40. The number of halogens is 9. The van der Waals surface area contributed by atoms with Crippen LogP contribution in [0.2, 0.25) is 0 Å². The van der Waals surface area contributed by atoms with Gasteiger partial charge < -0.3 is 0 Å². The average Bonchev–Trinajstić information content (AvgIpc) is 1.81. The molecule has 0 radical (unpaired) electrons. The van der Waals surface area contributed by atoms with Crippen molar-refractivity contribution >= 4 is 34.8 Å². The van der Waals surface area contributed by atoms with Crippen LogP contribution < -0.4 is 0 Å². The summed E-state index contributed by atoms with van der Waals surface area (Å²) in [5, 5.41) is 0. The lowest BCUT2D eigenvalue weighted by Gasteiger charge is -2.27. The molecule has 0 saturated carbocycles. The molecule has 0 N–H and O–H groups in total. The van der Waals surface area contributed by atoms with E-state index in [0.717, 1.165) is 0 Å². The van der Waals surface area contributed by atoms with Crippen LogP contribution in [0.25, 0.3) is 0 Å². The molecule has 0 bridgehead atoms. The van der Waals surface area contributed by atoms with Gasteiger partial charge in [0.25, 0.3) is 9.96 Å². The maximum Gasteiger partial charge on any atom is 0.425 e. The Hall–Kier alpha value is 0.450. The molecule has 0 aliphatic rings. The van der Waals surface area contributed by atoms with Crippen molar-refractivity contribution < 1.29 is 26.3 Å². The van der Waals surface area contributed by atoms with E-state index < -0.39 is 22.1 Å². The van der Waals surface area contributed by atoms with Gasteiger partial charge in [-0.2, -0.15) is 22.0 Å². The summed E-state index contributed by atoms with van der Waals surface area (Å²) in [7, 11) is 0. The SMILES string of the molecule is FC(C(F)(F)F)C(F)(F)C(Cl)(Cl)Cl. The predicted molar refractivity (Wildman–Crippen MR) is 36.2 cm³/mol. The number of hydrogen-bond donors (Lipinski definition) is 0. The molecule has 0 aromatic carbocycles. The topological polar surface area (TPSA) is 0 Å². The Kier molecular flexibility index (Phi) is 3.67. The highest BCUT2D eigenvalue weighted by Crippen LogP contribution is 2.49. The highest BCUT2D eigenvalue weighted by molar-refractivity contribution is 6.68.